The van der Waals surface area contributed by atoms with Crippen LogP contribution in [0.4, 0.5) is 24.5 Å². The van der Waals surface area contributed by atoms with Crippen molar-refractivity contribution < 1.29 is 22.7 Å². The Bertz CT molecular complexity index is 1040. The summed E-state index contributed by atoms with van der Waals surface area (Å²) in [5.74, 6) is 0.834. The van der Waals surface area contributed by atoms with Crippen LogP contribution in [0.25, 0.3) is 0 Å². The molecule has 1 N–H and O–H groups in total. The average Bonchev–Trinajstić information content (AvgIpc) is 3.65. The number of ether oxygens (including phenoxy) is 1. The van der Waals surface area contributed by atoms with Gasteiger partial charge in [0, 0.05) is 43.6 Å². The summed E-state index contributed by atoms with van der Waals surface area (Å²) in [5, 5.41) is 3.07. The topological polar surface area (TPSA) is 44.8 Å². The van der Waals surface area contributed by atoms with Crippen molar-refractivity contribution in [3.8, 4) is 5.75 Å². The maximum atomic E-state index is 13.4. The molecule has 1 saturated carbocycles. The number of hydrogen-bond donors (Lipinski definition) is 1. The van der Waals surface area contributed by atoms with Crippen molar-refractivity contribution in [2.45, 2.75) is 31.5 Å². The first-order valence-electron chi connectivity index (χ1n) is 11.5. The van der Waals surface area contributed by atoms with Gasteiger partial charge in [-0.25, -0.2) is 0 Å². The van der Waals surface area contributed by atoms with E-state index < -0.39 is 17.7 Å². The van der Waals surface area contributed by atoms with Crippen molar-refractivity contribution in [2.75, 3.05) is 43.1 Å². The molecule has 5 rings (SSSR count). The third-order valence-electron chi connectivity index (χ3n) is 7.06. The second-order valence-corrected chi connectivity index (χ2v) is 9.25. The van der Waals surface area contributed by atoms with Crippen molar-refractivity contribution >= 4 is 17.3 Å². The molecule has 1 amide bonds. The van der Waals surface area contributed by atoms with Gasteiger partial charge in [0.15, 0.2) is 0 Å². The number of rotatable bonds is 5. The van der Waals surface area contributed by atoms with Crippen LogP contribution in [0.1, 0.15) is 24.0 Å². The van der Waals surface area contributed by atoms with Gasteiger partial charge in [-0.1, -0.05) is 6.07 Å². The molecule has 3 aliphatic rings. The maximum Gasteiger partial charge on any atom is 0.416 e. The zero-order valence-electron chi connectivity index (χ0n) is 18.6. The minimum atomic E-state index is -4.40. The summed E-state index contributed by atoms with van der Waals surface area (Å²) in [5.41, 5.74) is 1.77. The van der Waals surface area contributed by atoms with Gasteiger partial charge in [-0.2, -0.15) is 13.2 Å². The van der Waals surface area contributed by atoms with E-state index in [0.29, 0.717) is 44.1 Å². The van der Waals surface area contributed by atoms with Crippen LogP contribution in [-0.4, -0.2) is 45.2 Å². The van der Waals surface area contributed by atoms with Crippen molar-refractivity contribution in [3.05, 3.63) is 53.6 Å². The van der Waals surface area contributed by atoms with Crippen molar-refractivity contribution in [2.24, 2.45) is 11.8 Å². The van der Waals surface area contributed by atoms with E-state index in [1.165, 1.54) is 6.07 Å². The second kappa shape index (κ2) is 8.47. The lowest BCUT2D eigenvalue weighted by atomic mass is 9.82. The van der Waals surface area contributed by atoms with Gasteiger partial charge in [0.25, 0.3) is 0 Å². The number of fused-ring (bicyclic) bond motifs is 3. The van der Waals surface area contributed by atoms with Crippen LogP contribution in [0.3, 0.4) is 0 Å². The molecule has 2 fully saturated rings. The number of nitrogens with zero attached hydrogens (tertiary/aromatic N) is 2. The molecule has 176 valence electrons. The molecule has 2 aromatic rings. The minimum absolute atomic E-state index is 0.0625. The molecular weight excluding hydrogens is 431 g/mol. The highest BCUT2D eigenvalue weighted by Gasteiger charge is 2.43. The summed E-state index contributed by atoms with van der Waals surface area (Å²) >= 11 is 0. The summed E-state index contributed by atoms with van der Waals surface area (Å²) in [6.07, 6.45) is -1.84. The van der Waals surface area contributed by atoms with Gasteiger partial charge < -0.3 is 19.9 Å². The van der Waals surface area contributed by atoms with Gasteiger partial charge in [-0.05, 0) is 61.1 Å². The lowest BCUT2D eigenvalue weighted by molar-refractivity contribution is -0.137. The second-order valence-electron chi connectivity index (χ2n) is 9.25. The molecule has 0 spiro atoms. The molecule has 0 radical (unpaired) electrons. The molecule has 0 aromatic heterocycles. The first kappa shape index (κ1) is 21.9. The van der Waals surface area contributed by atoms with Crippen LogP contribution >= 0.6 is 0 Å². The molecule has 33 heavy (non-hydrogen) atoms. The predicted molar refractivity (Wildman–Crippen MR) is 121 cm³/mol. The third-order valence-corrected chi connectivity index (χ3v) is 7.06. The van der Waals surface area contributed by atoms with Gasteiger partial charge >= 0.3 is 6.18 Å². The summed E-state index contributed by atoms with van der Waals surface area (Å²) < 4.78 is 45.4. The Labute approximate surface area is 191 Å². The SMILES string of the molecule is COc1cccc(N2CCN3c4ccc(C(F)(F)F)cc4C[C@H](C(=O)NCC4CC4)[C@H]3C2)c1. The zero-order chi connectivity index (χ0) is 23.2. The van der Waals surface area contributed by atoms with E-state index >= 15 is 0 Å². The molecule has 2 heterocycles. The van der Waals surface area contributed by atoms with E-state index in [1.54, 1.807) is 13.2 Å². The van der Waals surface area contributed by atoms with Gasteiger partial charge in [0.1, 0.15) is 5.75 Å². The van der Waals surface area contributed by atoms with Crippen LogP contribution < -0.4 is 19.9 Å². The number of carbonyl (C=O) groups excluding carboxylic acids is 1. The van der Waals surface area contributed by atoms with E-state index in [9.17, 15) is 18.0 Å². The van der Waals surface area contributed by atoms with Gasteiger partial charge in [-0.3, -0.25) is 4.79 Å². The molecule has 1 aliphatic carbocycles. The molecule has 0 unspecified atom stereocenters. The maximum absolute atomic E-state index is 13.4. The number of piperazine rings is 1. The molecule has 8 heteroatoms. The third kappa shape index (κ3) is 4.48. The number of halogens is 3. The number of methoxy groups -OCH3 is 1. The predicted octanol–water partition coefficient (Wildman–Crippen LogP) is 4.11. The normalized spacial score (nSPS) is 22.4. The Morgan fingerprint density at radius 1 is 1.15 bits per heavy atom. The van der Waals surface area contributed by atoms with Crippen molar-refractivity contribution in [1.29, 1.82) is 0 Å². The number of amides is 1. The van der Waals surface area contributed by atoms with Gasteiger partial charge in [0.05, 0.1) is 24.6 Å². The molecular formula is C25H28F3N3O2. The number of alkyl halides is 3. The zero-order valence-corrected chi connectivity index (χ0v) is 18.6. The molecule has 2 aliphatic heterocycles. The molecule has 1 saturated heterocycles. The molecule has 5 nitrogen and oxygen atoms in total. The summed E-state index contributed by atoms with van der Waals surface area (Å²) in [6.45, 7) is 2.61. The quantitative estimate of drug-likeness (QED) is 0.731. The van der Waals surface area contributed by atoms with E-state index in [2.05, 4.69) is 15.1 Å². The summed E-state index contributed by atoms with van der Waals surface area (Å²) in [6, 6.07) is 11.7. The first-order valence-corrected chi connectivity index (χ1v) is 11.5. The van der Waals surface area contributed by atoms with Gasteiger partial charge in [0.2, 0.25) is 5.91 Å². The Morgan fingerprint density at radius 3 is 2.70 bits per heavy atom. The highest BCUT2D eigenvalue weighted by atomic mass is 19.4. The number of anilines is 2. The highest BCUT2D eigenvalue weighted by molar-refractivity contribution is 5.82. The lowest BCUT2D eigenvalue weighted by Gasteiger charge is -2.49. The van der Waals surface area contributed by atoms with Crippen LogP contribution in [0.5, 0.6) is 5.75 Å². The number of benzene rings is 2. The fourth-order valence-electron chi connectivity index (χ4n) is 5.04. The van der Waals surface area contributed by atoms with Crippen molar-refractivity contribution in [1.82, 2.24) is 5.32 Å². The summed E-state index contributed by atoms with van der Waals surface area (Å²) in [4.78, 5) is 17.6. The fraction of sp³-hybridized carbons (Fsp3) is 0.480. The Kier molecular flexibility index (Phi) is 5.62. The smallest absolute Gasteiger partial charge is 0.416 e. The highest BCUT2D eigenvalue weighted by Crippen LogP contribution is 2.40. The molecule has 0 bridgehead atoms. The largest absolute Gasteiger partial charge is 0.497 e. The van der Waals surface area contributed by atoms with Crippen molar-refractivity contribution in [3.63, 3.8) is 0 Å². The van der Waals surface area contributed by atoms with E-state index in [4.69, 9.17) is 4.74 Å². The Morgan fingerprint density at radius 2 is 1.97 bits per heavy atom. The van der Waals surface area contributed by atoms with E-state index in [0.717, 1.165) is 36.0 Å². The van der Waals surface area contributed by atoms with Crippen LogP contribution in [0, 0.1) is 11.8 Å². The molecule has 2 atom stereocenters. The van der Waals surface area contributed by atoms with Crippen LogP contribution in [0.2, 0.25) is 0 Å². The Hall–Kier alpha value is -2.90. The standard InChI is InChI=1S/C25H28F3N3O2/c1-33-20-4-2-3-19(13-20)30-9-10-31-22-8-7-18(25(26,27)28)11-17(22)12-21(23(31)15-30)24(32)29-14-16-5-6-16/h2-4,7-8,11,13,16,21,23H,5-6,9-10,12,14-15H2,1H3,(H,29,32)/t21-,23+/m0/s1. The van der Waals surface area contributed by atoms with Crippen LogP contribution in [0.15, 0.2) is 42.5 Å². The van der Waals surface area contributed by atoms with Gasteiger partial charge in [-0.15, -0.1) is 0 Å². The monoisotopic (exact) mass is 459 g/mol. The molecule has 2 aromatic carbocycles. The van der Waals surface area contributed by atoms with Crippen LogP contribution in [-0.2, 0) is 17.4 Å². The number of hydrogen-bond acceptors (Lipinski definition) is 4. The average molecular weight is 460 g/mol. The number of nitrogens with one attached hydrogen (secondary N) is 1. The summed E-state index contributed by atoms with van der Waals surface area (Å²) in [7, 11) is 1.63. The van der Waals surface area contributed by atoms with E-state index in [1.807, 2.05) is 24.3 Å². The minimum Gasteiger partial charge on any atom is -0.497 e. The first-order chi connectivity index (χ1) is 15.8. The lowest BCUT2D eigenvalue weighted by Crippen LogP contribution is -2.61. The van der Waals surface area contributed by atoms with E-state index in [-0.39, 0.29) is 11.9 Å². The number of carbonyl (C=O) groups is 1. The Balaban J connectivity index is 1.45. The fourth-order valence-corrected chi connectivity index (χ4v) is 5.04.